The number of hydrogen-bond donors (Lipinski definition) is 1. The van der Waals surface area contributed by atoms with Crippen molar-refractivity contribution >= 4 is 16.7 Å². The van der Waals surface area contributed by atoms with Crippen molar-refractivity contribution in [1.82, 2.24) is 15.1 Å². The van der Waals surface area contributed by atoms with Gasteiger partial charge >= 0.3 is 0 Å². The van der Waals surface area contributed by atoms with Crippen molar-refractivity contribution in [2.75, 3.05) is 0 Å². The number of nitrogens with zero attached hydrogens (tertiary/aromatic N) is 2. The number of benzene rings is 2. The van der Waals surface area contributed by atoms with E-state index in [-0.39, 0.29) is 18.0 Å². The van der Waals surface area contributed by atoms with Crippen LogP contribution in [0.25, 0.3) is 10.8 Å². The van der Waals surface area contributed by atoms with E-state index >= 15 is 0 Å². The molecule has 2 heterocycles. The van der Waals surface area contributed by atoms with Gasteiger partial charge in [-0.1, -0.05) is 30.3 Å². The summed E-state index contributed by atoms with van der Waals surface area (Å²) in [7, 11) is 1.59. The predicted octanol–water partition coefficient (Wildman–Crippen LogP) is 1.78. The van der Waals surface area contributed by atoms with Crippen LogP contribution in [0.2, 0.25) is 0 Å². The summed E-state index contributed by atoms with van der Waals surface area (Å²) in [5, 5.41) is 8.43. The molecule has 4 rings (SSSR count). The van der Waals surface area contributed by atoms with Gasteiger partial charge in [0, 0.05) is 12.4 Å². The lowest BCUT2D eigenvalue weighted by atomic mass is 10.1. The highest BCUT2D eigenvalue weighted by Gasteiger charge is 2.33. The zero-order valence-corrected chi connectivity index (χ0v) is 15.0. The van der Waals surface area contributed by atoms with Gasteiger partial charge in [-0.2, -0.15) is 5.10 Å². The highest BCUT2D eigenvalue weighted by Crippen LogP contribution is 2.33. The van der Waals surface area contributed by atoms with Crippen LogP contribution in [0.4, 0.5) is 0 Å². The summed E-state index contributed by atoms with van der Waals surface area (Å²) in [4.78, 5) is 24.9. The smallest absolute Gasteiger partial charge is 0.274 e. The number of para-hydroxylation sites is 2. The first-order chi connectivity index (χ1) is 13.0. The van der Waals surface area contributed by atoms with Gasteiger partial charge in [0.2, 0.25) is 6.10 Å². The SMILES string of the molecule is C[C@H]1Oc2ccccc2O[C@@H]1C(=O)NCc1nn(C)c(=O)c2ccccc12. The molecule has 138 valence electrons. The summed E-state index contributed by atoms with van der Waals surface area (Å²) in [6.07, 6.45) is -1.19. The van der Waals surface area contributed by atoms with Crippen LogP contribution in [-0.4, -0.2) is 27.9 Å². The Morgan fingerprint density at radius 1 is 1.07 bits per heavy atom. The molecule has 0 spiro atoms. The van der Waals surface area contributed by atoms with Crippen LogP contribution in [0.3, 0.4) is 0 Å². The average Bonchev–Trinajstić information content (AvgIpc) is 2.69. The summed E-state index contributed by atoms with van der Waals surface area (Å²) in [6, 6.07) is 14.5. The number of carbonyl (C=O) groups is 1. The Balaban J connectivity index is 1.54. The van der Waals surface area contributed by atoms with Crippen molar-refractivity contribution in [1.29, 1.82) is 0 Å². The summed E-state index contributed by atoms with van der Waals surface area (Å²) in [5.41, 5.74) is 0.445. The molecule has 7 heteroatoms. The molecule has 1 amide bonds. The normalized spacial score (nSPS) is 18.3. The molecule has 0 bridgehead atoms. The van der Waals surface area contributed by atoms with Gasteiger partial charge in [-0.3, -0.25) is 9.59 Å². The van der Waals surface area contributed by atoms with Crippen molar-refractivity contribution in [3.8, 4) is 11.5 Å². The van der Waals surface area contributed by atoms with Crippen LogP contribution < -0.4 is 20.3 Å². The van der Waals surface area contributed by atoms with E-state index in [9.17, 15) is 9.59 Å². The Kier molecular flexibility index (Phi) is 4.27. The fourth-order valence-corrected chi connectivity index (χ4v) is 3.18. The van der Waals surface area contributed by atoms with Crippen molar-refractivity contribution in [2.24, 2.45) is 7.05 Å². The fraction of sp³-hybridized carbons (Fsp3) is 0.250. The van der Waals surface area contributed by atoms with Gasteiger partial charge < -0.3 is 14.8 Å². The second kappa shape index (κ2) is 6.75. The highest BCUT2D eigenvalue weighted by molar-refractivity contribution is 5.85. The molecule has 0 radical (unpaired) electrons. The number of carbonyl (C=O) groups excluding carboxylic acids is 1. The number of amides is 1. The van der Waals surface area contributed by atoms with Crippen LogP contribution >= 0.6 is 0 Å². The zero-order chi connectivity index (χ0) is 19.0. The lowest BCUT2D eigenvalue weighted by Crippen LogP contribution is -2.48. The number of aryl methyl sites for hydroxylation is 1. The number of aromatic nitrogens is 2. The summed E-state index contributed by atoms with van der Waals surface area (Å²) in [5.74, 6) is 0.873. The molecular weight excluding hydrogens is 346 g/mol. The maximum Gasteiger partial charge on any atom is 0.274 e. The Labute approximate surface area is 155 Å². The molecule has 1 aliphatic heterocycles. The molecule has 1 aliphatic rings. The Morgan fingerprint density at radius 2 is 1.70 bits per heavy atom. The Morgan fingerprint density at radius 3 is 2.44 bits per heavy atom. The average molecular weight is 365 g/mol. The number of ether oxygens (including phenoxy) is 2. The molecule has 27 heavy (non-hydrogen) atoms. The molecular formula is C20H19N3O4. The van der Waals surface area contributed by atoms with Gasteiger partial charge in [-0.15, -0.1) is 0 Å². The van der Waals surface area contributed by atoms with Crippen molar-refractivity contribution in [2.45, 2.75) is 25.7 Å². The maximum absolute atomic E-state index is 12.7. The minimum atomic E-state index is -0.765. The lowest BCUT2D eigenvalue weighted by Gasteiger charge is -2.31. The number of nitrogens with one attached hydrogen (secondary N) is 1. The molecule has 2 aromatic carbocycles. The van der Waals surface area contributed by atoms with Crippen molar-refractivity contribution in [3.63, 3.8) is 0 Å². The van der Waals surface area contributed by atoms with Crippen molar-refractivity contribution in [3.05, 3.63) is 64.6 Å². The number of rotatable bonds is 3. The molecule has 0 fully saturated rings. The van der Waals surface area contributed by atoms with Crippen LogP contribution in [0.5, 0.6) is 11.5 Å². The largest absolute Gasteiger partial charge is 0.482 e. The van der Waals surface area contributed by atoms with Crippen LogP contribution in [-0.2, 0) is 18.4 Å². The zero-order valence-electron chi connectivity index (χ0n) is 15.0. The summed E-state index contributed by atoms with van der Waals surface area (Å²) >= 11 is 0. The molecule has 0 aliphatic carbocycles. The number of hydrogen-bond acceptors (Lipinski definition) is 5. The third-order valence-corrected chi connectivity index (χ3v) is 4.56. The van der Waals surface area contributed by atoms with Gasteiger partial charge in [-0.25, -0.2) is 4.68 Å². The molecule has 1 N–H and O–H groups in total. The van der Waals surface area contributed by atoms with Gasteiger partial charge in [0.25, 0.3) is 11.5 Å². The molecule has 1 aromatic heterocycles. The minimum absolute atomic E-state index is 0.171. The Bertz CT molecular complexity index is 1080. The summed E-state index contributed by atoms with van der Waals surface area (Å²) < 4.78 is 12.9. The second-order valence-corrected chi connectivity index (χ2v) is 6.45. The first-order valence-corrected chi connectivity index (χ1v) is 8.69. The third-order valence-electron chi connectivity index (χ3n) is 4.56. The number of fused-ring (bicyclic) bond motifs is 2. The van der Waals surface area contributed by atoms with Crippen LogP contribution in [0.1, 0.15) is 12.6 Å². The van der Waals surface area contributed by atoms with E-state index in [1.54, 1.807) is 38.2 Å². The standard InChI is InChI=1S/C20H19N3O4/c1-12-18(27-17-10-6-5-9-16(17)26-12)19(24)21-11-15-13-7-3-4-8-14(13)20(25)23(2)22-15/h3-10,12,18H,11H2,1-2H3,(H,21,24)/t12-,18+/m1/s1. The van der Waals surface area contributed by atoms with Gasteiger partial charge in [-0.05, 0) is 25.1 Å². The topological polar surface area (TPSA) is 82.4 Å². The Hall–Kier alpha value is -3.35. The molecule has 3 aromatic rings. The first kappa shape index (κ1) is 17.1. The van der Waals surface area contributed by atoms with Crippen LogP contribution in [0, 0.1) is 0 Å². The second-order valence-electron chi connectivity index (χ2n) is 6.45. The van der Waals surface area contributed by atoms with Gasteiger partial charge in [0.05, 0.1) is 17.6 Å². The van der Waals surface area contributed by atoms with Gasteiger partial charge in [0.15, 0.2) is 11.5 Å². The van der Waals surface area contributed by atoms with E-state index < -0.39 is 12.2 Å². The molecule has 0 saturated carbocycles. The van der Waals surface area contributed by atoms with E-state index in [0.29, 0.717) is 22.6 Å². The molecule has 2 atom stereocenters. The monoisotopic (exact) mass is 365 g/mol. The maximum atomic E-state index is 12.7. The summed E-state index contributed by atoms with van der Waals surface area (Å²) in [6.45, 7) is 1.97. The van der Waals surface area contributed by atoms with Gasteiger partial charge in [0.1, 0.15) is 6.10 Å². The lowest BCUT2D eigenvalue weighted by molar-refractivity contribution is -0.133. The van der Waals surface area contributed by atoms with E-state index in [1.165, 1.54) is 4.68 Å². The van der Waals surface area contributed by atoms with Crippen LogP contribution in [0.15, 0.2) is 53.3 Å². The van der Waals surface area contributed by atoms with E-state index in [4.69, 9.17) is 9.47 Å². The van der Waals surface area contributed by atoms with E-state index in [1.807, 2.05) is 24.3 Å². The highest BCUT2D eigenvalue weighted by atomic mass is 16.6. The van der Waals surface area contributed by atoms with E-state index in [0.717, 1.165) is 5.39 Å². The van der Waals surface area contributed by atoms with E-state index in [2.05, 4.69) is 10.4 Å². The third kappa shape index (κ3) is 3.12. The predicted molar refractivity (Wildman–Crippen MR) is 99.8 cm³/mol. The quantitative estimate of drug-likeness (QED) is 0.765. The molecule has 0 unspecified atom stereocenters. The minimum Gasteiger partial charge on any atom is -0.482 e. The molecule has 0 saturated heterocycles. The molecule has 7 nitrogen and oxygen atoms in total. The fourth-order valence-electron chi connectivity index (χ4n) is 3.18. The van der Waals surface area contributed by atoms with Crippen molar-refractivity contribution < 1.29 is 14.3 Å². The first-order valence-electron chi connectivity index (χ1n) is 8.69.